The van der Waals surface area contributed by atoms with Gasteiger partial charge in [-0.1, -0.05) is 32.0 Å². The highest BCUT2D eigenvalue weighted by Crippen LogP contribution is 2.17. The van der Waals surface area contributed by atoms with Crippen LogP contribution in [0.25, 0.3) is 0 Å². The number of benzene rings is 2. The number of halogens is 1. The van der Waals surface area contributed by atoms with E-state index in [-0.39, 0.29) is 18.3 Å². The summed E-state index contributed by atoms with van der Waals surface area (Å²) in [5, 5.41) is 12.7. The maximum atomic E-state index is 13.0. The Hall–Kier alpha value is -2.71. The van der Waals surface area contributed by atoms with Crippen LogP contribution < -0.4 is 10.8 Å². The summed E-state index contributed by atoms with van der Waals surface area (Å²) < 4.78 is 23.5. The Morgan fingerprint density at radius 3 is 2.60 bits per heavy atom. The first-order chi connectivity index (χ1) is 14.3. The van der Waals surface area contributed by atoms with Gasteiger partial charge in [0.05, 0.1) is 13.2 Å². The molecule has 0 aliphatic carbocycles. The standard InChI is InChI=1S/C22H25BFNO5/c1-13(2)20(22(27)29-11-10-15-4-7-17(24)8-5-15)25-21(26)18-9-6-16-12-30-23(28)19(16)14(18)3/h4-9,13,20,28H,10-12H2,1-3H3,(H,25,26)/t20-/m0/s1. The third-order valence-electron chi connectivity index (χ3n) is 5.25. The smallest absolute Gasteiger partial charge is 0.464 e. The van der Waals surface area contributed by atoms with Gasteiger partial charge in [-0.15, -0.1) is 0 Å². The molecule has 1 aliphatic rings. The van der Waals surface area contributed by atoms with Gasteiger partial charge in [-0.25, -0.2) is 9.18 Å². The molecule has 0 bridgehead atoms. The molecule has 2 aromatic carbocycles. The highest BCUT2D eigenvalue weighted by Gasteiger charge is 2.32. The summed E-state index contributed by atoms with van der Waals surface area (Å²) in [6.45, 7) is 5.81. The number of nitrogens with one attached hydrogen (secondary N) is 1. The van der Waals surface area contributed by atoms with Crippen molar-refractivity contribution in [1.82, 2.24) is 5.32 Å². The van der Waals surface area contributed by atoms with E-state index in [1.54, 1.807) is 31.2 Å². The number of fused-ring (bicyclic) bond motifs is 1. The quantitative estimate of drug-likeness (QED) is 0.535. The van der Waals surface area contributed by atoms with Gasteiger partial charge >= 0.3 is 13.1 Å². The largest absolute Gasteiger partial charge is 0.492 e. The summed E-state index contributed by atoms with van der Waals surface area (Å²) in [7, 11) is -1.05. The molecule has 0 saturated heterocycles. The van der Waals surface area contributed by atoms with Crippen molar-refractivity contribution in [2.75, 3.05) is 6.61 Å². The molecule has 1 aliphatic heterocycles. The lowest BCUT2D eigenvalue weighted by molar-refractivity contribution is -0.147. The second-order valence-electron chi connectivity index (χ2n) is 7.71. The Morgan fingerprint density at radius 2 is 1.93 bits per heavy atom. The lowest BCUT2D eigenvalue weighted by Gasteiger charge is -2.22. The topological polar surface area (TPSA) is 84.9 Å². The molecule has 158 valence electrons. The van der Waals surface area contributed by atoms with Crippen LogP contribution in [0, 0.1) is 18.7 Å². The van der Waals surface area contributed by atoms with Crippen molar-refractivity contribution < 1.29 is 28.4 Å². The van der Waals surface area contributed by atoms with Crippen molar-refractivity contribution in [3.05, 3.63) is 64.5 Å². The Balaban J connectivity index is 1.63. The van der Waals surface area contributed by atoms with E-state index >= 15 is 0 Å². The molecule has 3 rings (SSSR count). The molecule has 0 spiro atoms. The van der Waals surface area contributed by atoms with E-state index in [1.807, 2.05) is 13.8 Å². The molecule has 30 heavy (non-hydrogen) atoms. The van der Waals surface area contributed by atoms with E-state index < -0.39 is 25.0 Å². The SMILES string of the molecule is Cc1c(C(=O)N[C@H](C(=O)OCCc2ccc(F)cc2)C(C)C)ccc2c1B(O)OC2. The van der Waals surface area contributed by atoms with Crippen molar-refractivity contribution in [2.45, 2.75) is 39.8 Å². The minimum absolute atomic E-state index is 0.130. The van der Waals surface area contributed by atoms with Crippen molar-refractivity contribution >= 4 is 24.5 Å². The van der Waals surface area contributed by atoms with E-state index in [9.17, 15) is 19.0 Å². The first-order valence-electron chi connectivity index (χ1n) is 9.92. The van der Waals surface area contributed by atoms with Crippen LogP contribution >= 0.6 is 0 Å². The number of esters is 1. The molecule has 6 nitrogen and oxygen atoms in total. The second-order valence-corrected chi connectivity index (χ2v) is 7.71. The van der Waals surface area contributed by atoms with Gasteiger partial charge in [0.1, 0.15) is 11.9 Å². The summed E-state index contributed by atoms with van der Waals surface area (Å²) in [6.07, 6.45) is 0.451. The molecule has 2 aromatic rings. The molecule has 0 radical (unpaired) electrons. The van der Waals surface area contributed by atoms with Gasteiger partial charge in [-0.05, 0) is 53.2 Å². The average Bonchev–Trinajstić information content (AvgIpc) is 3.09. The Morgan fingerprint density at radius 1 is 1.23 bits per heavy atom. The minimum atomic E-state index is -1.05. The molecule has 8 heteroatoms. The summed E-state index contributed by atoms with van der Waals surface area (Å²) in [4.78, 5) is 25.4. The summed E-state index contributed by atoms with van der Waals surface area (Å²) in [6, 6.07) is 8.59. The molecule has 2 N–H and O–H groups in total. The molecular formula is C22H25BFNO5. The number of ether oxygens (including phenoxy) is 1. The molecule has 1 atom stereocenters. The van der Waals surface area contributed by atoms with Crippen molar-refractivity contribution in [3.63, 3.8) is 0 Å². The zero-order valence-corrected chi connectivity index (χ0v) is 17.3. The number of carbonyl (C=O) groups excluding carboxylic acids is 2. The Bertz CT molecular complexity index is 932. The maximum absolute atomic E-state index is 13.0. The zero-order valence-electron chi connectivity index (χ0n) is 17.3. The Kier molecular flexibility index (Phi) is 6.89. The highest BCUT2D eigenvalue weighted by molar-refractivity contribution is 6.62. The molecule has 1 heterocycles. The first-order valence-corrected chi connectivity index (χ1v) is 9.92. The lowest BCUT2D eigenvalue weighted by Crippen LogP contribution is -2.46. The fourth-order valence-corrected chi connectivity index (χ4v) is 3.48. The van der Waals surface area contributed by atoms with Crippen LogP contribution in [-0.4, -0.2) is 36.7 Å². The van der Waals surface area contributed by atoms with E-state index in [0.29, 0.717) is 29.6 Å². The molecule has 1 amide bonds. The van der Waals surface area contributed by atoms with Gasteiger partial charge in [0, 0.05) is 12.0 Å². The number of rotatable bonds is 7. The highest BCUT2D eigenvalue weighted by atomic mass is 19.1. The summed E-state index contributed by atoms with van der Waals surface area (Å²) in [5.74, 6) is -1.44. The molecule has 0 fully saturated rings. The van der Waals surface area contributed by atoms with Crippen molar-refractivity contribution in [2.24, 2.45) is 5.92 Å². The third kappa shape index (κ3) is 4.88. The van der Waals surface area contributed by atoms with Crippen LogP contribution in [0.2, 0.25) is 0 Å². The van der Waals surface area contributed by atoms with E-state index in [2.05, 4.69) is 5.32 Å². The number of hydrogen-bond acceptors (Lipinski definition) is 5. The number of amides is 1. The molecule has 0 saturated carbocycles. The fraction of sp³-hybridized carbons (Fsp3) is 0.364. The lowest BCUT2D eigenvalue weighted by atomic mass is 9.75. The number of hydrogen-bond donors (Lipinski definition) is 2. The Labute approximate surface area is 175 Å². The van der Waals surface area contributed by atoms with Crippen LogP contribution in [0.15, 0.2) is 36.4 Å². The predicted molar refractivity (Wildman–Crippen MR) is 111 cm³/mol. The van der Waals surface area contributed by atoms with E-state index in [4.69, 9.17) is 9.39 Å². The number of carbonyl (C=O) groups is 2. The molecule has 0 aromatic heterocycles. The van der Waals surface area contributed by atoms with Gasteiger partial charge in [0.2, 0.25) is 0 Å². The fourth-order valence-electron chi connectivity index (χ4n) is 3.48. The van der Waals surface area contributed by atoms with Gasteiger partial charge in [-0.2, -0.15) is 0 Å². The van der Waals surface area contributed by atoms with Crippen LogP contribution in [0.4, 0.5) is 4.39 Å². The van der Waals surface area contributed by atoms with Crippen LogP contribution in [0.5, 0.6) is 0 Å². The molecule has 0 unspecified atom stereocenters. The second kappa shape index (κ2) is 9.41. The van der Waals surface area contributed by atoms with E-state index in [1.165, 1.54) is 12.1 Å². The average molecular weight is 413 g/mol. The minimum Gasteiger partial charge on any atom is -0.464 e. The normalized spacial score (nSPS) is 13.9. The zero-order chi connectivity index (χ0) is 21.8. The van der Waals surface area contributed by atoms with Gasteiger partial charge in [0.15, 0.2) is 0 Å². The van der Waals surface area contributed by atoms with Crippen LogP contribution in [0.1, 0.15) is 40.9 Å². The monoisotopic (exact) mass is 413 g/mol. The summed E-state index contributed by atoms with van der Waals surface area (Å²) in [5.41, 5.74) is 3.30. The van der Waals surface area contributed by atoms with Crippen molar-refractivity contribution in [1.29, 1.82) is 0 Å². The predicted octanol–water partition coefficient (Wildman–Crippen LogP) is 1.89. The van der Waals surface area contributed by atoms with Crippen molar-refractivity contribution in [3.8, 4) is 0 Å². The van der Waals surface area contributed by atoms with Crippen LogP contribution in [0.3, 0.4) is 0 Å². The van der Waals surface area contributed by atoms with E-state index in [0.717, 1.165) is 11.1 Å². The summed E-state index contributed by atoms with van der Waals surface area (Å²) >= 11 is 0. The molecular weight excluding hydrogens is 388 g/mol. The van der Waals surface area contributed by atoms with Gasteiger partial charge < -0.3 is 19.7 Å². The van der Waals surface area contributed by atoms with Gasteiger partial charge in [0.25, 0.3) is 5.91 Å². The van der Waals surface area contributed by atoms with Crippen LogP contribution in [-0.2, 0) is 27.2 Å². The first kappa shape index (κ1) is 22.0. The van der Waals surface area contributed by atoms with Gasteiger partial charge in [-0.3, -0.25) is 4.79 Å². The maximum Gasteiger partial charge on any atom is 0.492 e. The third-order valence-corrected chi connectivity index (χ3v) is 5.25.